The highest BCUT2D eigenvalue weighted by atomic mass is 16.5. The lowest BCUT2D eigenvalue weighted by atomic mass is 9.96. The SMILES string of the molecule is COCc1ccccc1C(O)c1ccc2[nH]ccc2c1. The van der Waals surface area contributed by atoms with Crippen molar-refractivity contribution in [2.24, 2.45) is 0 Å². The average Bonchev–Trinajstić information content (AvgIpc) is 2.95. The molecule has 2 aromatic carbocycles. The molecular formula is C17H17NO2. The zero-order valence-electron chi connectivity index (χ0n) is 11.3. The number of hydrogen-bond acceptors (Lipinski definition) is 2. The van der Waals surface area contributed by atoms with Gasteiger partial charge in [-0.15, -0.1) is 0 Å². The van der Waals surface area contributed by atoms with Crippen molar-refractivity contribution >= 4 is 10.9 Å². The number of nitrogens with one attached hydrogen (secondary N) is 1. The van der Waals surface area contributed by atoms with Crippen molar-refractivity contribution in [3.63, 3.8) is 0 Å². The number of H-pyrrole nitrogens is 1. The van der Waals surface area contributed by atoms with E-state index in [2.05, 4.69) is 4.98 Å². The molecule has 0 amide bonds. The summed E-state index contributed by atoms with van der Waals surface area (Å²) in [6.07, 6.45) is 1.26. The van der Waals surface area contributed by atoms with Gasteiger partial charge in [-0.05, 0) is 40.3 Å². The third-order valence-corrected chi connectivity index (χ3v) is 3.54. The second-order valence-electron chi connectivity index (χ2n) is 4.86. The molecule has 0 aliphatic heterocycles. The van der Waals surface area contributed by atoms with Crippen LogP contribution in [0.5, 0.6) is 0 Å². The van der Waals surface area contributed by atoms with Crippen molar-refractivity contribution in [1.82, 2.24) is 4.98 Å². The topological polar surface area (TPSA) is 45.2 Å². The zero-order valence-corrected chi connectivity index (χ0v) is 11.3. The smallest absolute Gasteiger partial charge is 0.104 e. The summed E-state index contributed by atoms with van der Waals surface area (Å²) in [6, 6.07) is 15.8. The van der Waals surface area contributed by atoms with Gasteiger partial charge in [0.25, 0.3) is 0 Å². The summed E-state index contributed by atoms with van der Waals surface area (Å²) in [5.41, 5.74) is 3.87. The van der Waals surface area contributed by atoms with E-state index >= 15 is 0 Å². The number of aromatic nitrogens is 1. The average molecular weight is 267 g/mol. The van der Waals surface area contributed by atoms with Gasteiger partial charge in [0, 0.05) is 18.8 Å². The lowest BCUT2D eigenvalue weighted by Crippen LogP contribution is -2.04. The summed E-state index contributed by atoms with van der Waals surface area (Å²) in [7, 11) is 1.66. The molecular weight excluding hydrogens is 250 g/mol. The fourth-order valence-corrected chi connectivity index (χ4v) is 2.51. The van der Waals surface area contributed by atoms with Gasteiger partial charge >= 0.3 is 0 Å². The maximum atomic E-state index is 10.6. The number of ether oxygens (including phenoxy) is 1. The Morgan fingerprint density at radius 1 is 1.15 bits per heavy atom. The molecule has 0 bridgehead atoms. The van der Waals surface area contributed by atoms with Crippen LogP contribution in [-0.2, 0) is 11.3 Å². The Labute approximate surface area is 117 Å². The van der Waals surface area contributed by atoms with E-state index in [0.717, 1.165) is 27.6 Å². The third kappa shape index (κ3) is 2.33. The van der Waals surface area contributed by atoms with Gasteiger partial charge in [-0.3, -0.25) is 0 Å². The molecule has 0 spiro atoms. The van der Waals surface area contributed by atoms with Gasteiger partial charge in [0.15, 0.2) is 0 Å². The van der Waals surface area contributed by atoms with E-state index in [1.54, 1.807) is 7.11 Å². The Balaban J connectivity index is 2.00. The molecule has 102 valence electrons. The van der Waals surface area contributed by atoms with Crippen LogP contribution in [0.4, 0.5) is 0 Å². The highest BCUT2D eigenvalue weighted by Crippen LogP contribution is 2.27. The quantitative estimate of drug-likeness (QED) is 0.761. The van der Waals surface area contributed by atoms with E-state index in [-0.39, 0.29) is 0 Å². The first-order valence-corrected chi connectivity index (χ1v) is 6.61. The van der Waals surface area contributed by atoms with Crippen LogP contribution in [0.15, 0.2) is 54.7 Å². The Morgan fingerprint density at radius 2 is 2.00 bits per heavy atom. The molecule has 0 saturated carbocycles. The molecule has 3 aromatic rings. The molecule has 3 nitrogen and oxygen atoms in total. The minimum absolute atomic E-state index is 0.500. The van der Waals surface area contributed by atoms with Crippen molar-refractivity contribution in [3.8, 4) is 0 Å². The van der Waals surface area contributed by atoms with E-state index in [0.29, 0.717) is 6.61 Å². The predicted molar refractivity (Wildman–Crippen MR) is 79.5 cm³/mol. The van der Waals surface area contributed by atoms with Gasteiger partial charge in [-0.2, -0.15) is 0 Å². The maximum Gasteiger partial charge on any atom is 0.104 e. The first kappa shape index (κ1) is 12.9. The van der Waals surface area contributed by atoms with Gasteiger partial charge in [0.1, 0.15) is 6.10 Å². The van der Waals surface area contributed by atoms with Gasteiger partial charge in [0.05, 0.1) is 6.61 Å². The van der Waals surface area contributed by atoms with Crippen LogP contribution in [0.2, 0.25) is 0 Å². The molecule has 2 N–H and O–H groups in total. The first-order chi connectivity index (χ1) is 9.79. The highest BCUT2D eigenvalue weighted by molar-refractivity contribution is 5.80. The summed E-state index contributed by atoms with van der Waals surface area (Å²) in [5, 5.41) is 11.7. The molecule has 0 aliphatic carbocycles. The molecule has 1 atom stereocenters. The number of aliphatic hydroxyl groups is 1. The standard InChI is InChI=1S/C17H17NO2/c1-20-11-14-4-2-3-5-15(14)17(19)13-6-7-16-12(10-13)8-9-18-16/h2-10,17-19H,11H2,1H3. The minimum atomic E-state index is -0.638. The van der Waals surface area contributed by atoms with Crippen LogP contribution in [0.25, 0.3) is 10.9 Å². The summed E-state index contributed by atoms with van der Waals surface area (Å²) in [6.45, 7) is 0.500. The van der Waals surface area contributed by atoms with Gasteiger partial charge < -0.3 is 14.8 Å². The minimum Gasteiger partial charge on any atom is -0.384 e. The Morgan fingerprint density at radius 3 is 2.85 bits per heavy atom. The van der Waals surface area contributed by atoms with E-state index < -0.39 is 6.10 Å². The second kappa shape index (κ2) is 5.49. The van der Waals surface area contributed by atoms with Crippen molar-refractivity contribution in [2.45, 2.75) is 12.7 Å². The molecule has 3 heteroatoms. The molecule has 1 aromatic heterocycles. The third-order valence-electron chi connectivity index (χ3n) is 3.54. The van der Waals surface area contributed by atoms with E-state index in [9.17, 15) is 5.11 Å². The fraction of sp³-hybridized carbons (Fsp3) is 0.176. The molecule has 1 heterocycles. The van der Waals surface area contributed by atoms with Gasteiger partial charge in [-0.25, -0.2) is 0 Å². The second-order valence-corrected chi connectivity index (χ2v) is 4.86. The van der Waals surface area contributed by atoms with E-state index in [1.807, 2.05) is 54.7 Å². The van der Waals surface area contributed by atoms with Crippen LogP contribution < -0.4 is 0 Å². The number of aliphatic hydroxyl groups excluding tert-OH is 1. The molecule has 0 fully saturated rings. The molecule has 0 saturated heterocycles. The Hall–Kier alpha value is -2.10. The number of aromatic amines is 1. The number of hydrogen-bond donors (Lipinski definition) is 2. The van der Waals surface area contributed by atoms with Crippen LogP contribution in [0, 0.1) is 0 Å². The maximum absolute atomic E-state index is 10.6. The van der Waals surface area contributed by atoms with Crippen LogP contribution in [-0.4, -0.2) is 17.2 Å². The number of benzene rings is 2. The van der Waals surface area contributed by atoms with Crippen molar-refractivity contribution in [2.75, 3.05) is 7.11 Å². The number of rotatable bonds is 4. The van der Waals surface area contributed by atoms with Crippen molar-refractivity contribution in [1.29, 1.82) is 0 Å². The highest BCUT2D eigenvalue weighted by Gasteiger charge is 2.14. The predicted octanol–water partition coefficient (Wildman–Crippen LogP) is 3.40. The Bertz CT molecular complexity index is 718. The van der Waals surface area contributed by atoms with Crippen molar-refractivity contribution < 1.29 is 9.84 Å². The van der Waals surface area contributed by atoms with Crippen LogP contribution in [0.3, 0.4) is 0 Å². The summed E-state index contributed by atoms with van der Waals surface area (Å²) < 4.78 is 5.20. The molecule has 0 aliphatic rings. The van der Waals surface area contributed by atoms with Crippen LogP contribution in [0.1, 0.15) is 22.8 Å². The monoisotopic (exact) mass is 267 g/mol. The first-order valence-electron chi connectivity index (χ1n) is 6.61. The Kier molecular flexibility index (Phi) is 3.54. The molecule has 1 unspecified atom stereocenters. The van der Waals surface area contributed by atoms with Gasteiger partial charge in [-0.1, -0.05) is 30.3 Å². The van der Waals surface area contributed by atoms with Gasteiger partial charge in [0.2, 0.25) is 0 Å². The summed E-state index contributed by atoms with van der Waals surface area (Å²) in [5.74, 6) is 0. The normalized spacial score (nSPS) is 12.7. The number of methoxy groups -OCH3 is 1. The largest absolute Gasteiger partial charge is 0.384 e. The summed E-state index contributed by atoms with van der Waals surface area (Å²) in [4.78, 5) is 3.16. The molecule has 0 radical (unpaired) electrons. The summed E-state index contributed by atoms with van der Waals surface area (Å²) >= 11 is 0. The lowest BCUT2D eigenvalue weighted by molar-refractivity contribution is 0.176. The fourth-order valence-electron chi connectivity index (χ4n) is 2.51. The van der Waals surface area contributed by atoms with Crippen LogP contribution >= 0.6 is 0 Å². The van der Waals surface area contributed by atoms with E-state index in [4.69, 9.17) is 4.74 Å². The number of fused-ring (bicyclic) bond motifs is 1. The van der Waals surface area contributed by atoms with E-state index in [1.165, 1.54) is 0 Å². The molecule has 3 rings (SSSR count). The molecule has 20 heavy (non-hydrogen) atoms. The van der Waals surface area contributed by atoms with Crippen molar-refractivity contribution in [3.05, 3.63) is 71.4 Å². The lowest BCUT2D eigenvalue weighted by Gasteiger charge is -2.16. The zero-order chi connectivity index (χ0) is 13.9.